The summed E-state index contributed by atoms with van der Waals surface area (Å²) in [5.74, 6) is 0. The molecule has 0 saturated carbocycles. The Hall–Kier alpha value is -2.14. The van der Waals surface area contributed by atoms with E-state index in [1.807, 2.05) is 0 Å². The van der Waals surface area contributed by atoms with Crippen LogP contribution in [0.3, 0.4) is 0 Å². The smallest absolute Gasteiger partial charge is 0.354 e. The highest BCUT2D eigenvalue weighted by Gasteiger charge is 2.47. The number of H-pyrrole nitrogens is 1. The molecule has 12 heteroatoms. The number of ether oxygens (including phenoxy) is 1. The summed E-state index contributed by atoms with van der Waals surface area (Å²) in [6, 6.07) is 0. The predicted molar refractivity (Wildman–Crippen MR) is 121 cm³/mol. The van der Waals surface area contributed by atoms with E-state index in [1.165, 1.54) is 6.20 Å². The summed E-state index contributed by atoms with van der Waals surface area (Å²) in [6.45, 7) is 11.7. The third-order valence-electron chi connectivity index (χ3n) is 5.89. The van der Waals surface area contributed by atoms with Crippen LogP contribution in [0.1, 0.15) is 51.1 Å². The molecule has 2 aromatic rings. The van der Waals surface area contributed by atoms with E-state index >= 15 is 0 Å². The average Bonchev–Trinajstić information content (AvgIpc) is 2.98. The van der Waals surface area contributed by atoms with Gasteiger partial charge in [-0.2, -0.15) is 4.98 Å². The first kappa shape index (κ1) is 25.5. The Morgan fingerprint density at radius 3 is 2.58 bits per heavy atom. The van der Waals surface area contributed by atoms with Gasteiger partial charge in [0.05, 0.1) is 17.1 Å². The molecule has 2 aromatic heterocycles. The van der Waals surface area contributed by atoms with E-state index in [0.29, 0.717) is 11.3 Å². The zero-order chi connectivity index (χ0) is 24.9. The van der Waals surface area contributed by atoms with Gasteiger partial charge in [0.25, 0.3) is 0 Å². The van der Waals surface area contributed by atoms with Crippen LogP contribution in [0.15, 0.2) is 27.7 Å². The molecule has 5 unspecified atom stereocenters. The highest BCUT2D eigenvalue weighted by Crippen LogP contribution is 2.55. The number of nitrogens with zero attached hydrogens (tertiary/aromatic N) is 2. The van der Waals surface area contributed by atoms with Gasteiger partial charge in [0.2, 0.25) is 0 Å². The summed E-state index contributed by atoms with van der Waals surface area (Å²) in [6.07, 6.45) is -3.87. The number of rotatable bonds is 7. The van der Waals surface area contributed by atoms with E-state index in [0.717, 1.165) is 4.57 Å². The molecular weight excluding hydrogens is 453 g/mol. The van der Waals surface area contributed by atoms with Crippen LogP contribution in [0.5, 0.6) is 0 Å². The lowest BCUT2D eigenvalue weighted by atomic mass is 9.97. The monoisotopic (exact) mass is 483 g/mol. The molecule has 1 aliphatic heterocycles. The molecular formula is C21H30N3O8P. The summed E-state index contributed by atoms with van der Waals surface area (Å²) in [4.78, 5) is 42.2. The molecule has 1 fully saturated rings. The molecule has 0 radical (unpaired) electrons. The maximum Gasteiger partial charge on any atom is 0.354 e. The Kier molecular flexibility index (Phi) is 6.87. The highest BCUT2D eigenvalue weighted by atomic mass is 31.2. The van der Waals surface area contributed by atoms with Gasteiger partial charge in [-0.15, -0.1) is 0 Å². The summed E-state index contributed by atoms with van der Waals surface area (Å²) < 4.78 is 24.5. The SMILES string of the molecule is C=C(CC)P(=O)(O)OC(C)(C)CC1OC(n2cc3c(=O)c(C)c(C)[nH]c3nc2=O)C(O)C1O. The molecule has 5 atom stereocenters. The van der Waals surface area contributed by atoms with E-state index in [2.05, 4.69) is 16.5 Å². The van der Waals surface area contributed by atoms with Gasteiger partial charge >= 0.3 is 13.3 Å². The Bertz CT molecular complexity index is 1250. The largest absolute Gasteiger partial charge is 0.388 e. The van der Waals surface area contributed by atoms with Gasteiger partial charge in [-0.3, -0.25) is 18.5 Å². The molecule has 4 N–H and O–H groups in total. The fourth-order valence-electron chi connectivity index (χ4n) is 3.81. The number of aromatic amines is 1. The highest BCUT2D eigenvalue weighted by molar-refractivity contribution is 7.57. The maximum absolute atomic E-state index is 12.6. The van der Waals surface area contributed by atoms with E-state index in [1.54, 1.807) is 34.6 Å². The zero-order valence-electron chi connectivity index (χ0n) is 19.2. The summed E-state index contributed by atoms with van der Waals surface area (Å²) in [5, 5.41) is 21.3. The summed E-state index contributed by atoms with van der Waals surface area (Å²) in [7, 11) is -4.12. The van der Waals surface area contributed by atoms with Crippen molar-refractivity contribution < 1.29 is 28.9 Å². The van der Waals surface area contributed by atoms with Crippen molar-refractivity contribution in [2.45, 2.75) is 77.6 Å². The number of aromatic nitrogens is 3. The second-order valence-corrected chi connectivity index (χ2v) is 10.8. The number of nitrogens with one attached hydrogen (secondary N) is 1. The van der Waals surface area contributed by atoms with Crippen molar-refractivity contribution in [3.63, 3.8) is 0 Å². The molecule has 11 nitrogen and oxygen atoms in total. The van der Waals surface area contributed by atoms with Crippen LogP contribution in [0.4, 0.5) is 0 Å². The number of aliphatic hydroxyl groups is 2. The molecule has 1 saturated heterocycles. The first-order valence-electron chi connectivity index (χ1n) is 10.5. The quantitative estimate of drug-likeness (QED) is 0.428. The third-order valence-corrected chi connectivity index (χ3v) is 7.75. The van der Waals surface area contributed by atoms with Gasteiger partial charge in [0.1, 0.15) is 17.9 Å². The van der Waals surface area contributed by atoms with Gasteiger partial charge in [-0.1, -0.05) is 13.5 Å². The first-order chi connectivity index (χ1) is 15.2. The van der Waals surface area contributed by atoms with Crippen molar-refractivity contribution in [3.05, 3.63) is 50.1 Å². The molecule has 0 aromatic carbocycles. The fourth-order valence-corrected chi connectivity index (χ4v) is 5.08. The Balaban J connectivity index is 1.90. The van der Waals surface area contributed by atoms with Crippen LogP contribution in [0.2, 0.25) is 0 Å². The van der Waals surface area contributed by atoms with Crippen molar-refractivity contribution in [1.82, 2.24) is 14.5 Å². The zero-order valence-corrected chi connectivity index (χ0v) is 20.1. The Morgan fingerprint density at radius 2 is 1.97 bits per heavy atom. The normalized spacial score (nSPS) is 25.3. The van der Waals surface area contributed by atoms with Crippen LogP contribution >= 0.6 is 7.60 Å². The number of hydrogen-bond donors (Lipinski definition) is 4. The number of hydrogen-bond acceptors (Lipinski definition) is 8. The first-order valence-corrected chi connectivity index (χ1v) is 12.1. The van der Waals surface area contributed by atoms with Gasteiger partial charge in [-0.25, -0.2) is 4.79 Å². The molecule has 182 valence electrons. The summed E-state index contributed by atoms with van der Waals surface area (Å²) in [5.41, 5.74) is -1.19. The van der Waals surface area contributed by atoms with Gasteiger partial charge < -0.3 is 24.8 Å². The van der Waals surface area contributed by atoms with Crippen LogP contribution in [0, 0.1) is 13.8 Å². The molecule has 0 bridgehead atoms. The van der Waals surface area contributed by atoms with E-state index in [9.17, 15) is 29.3 Å². The second-order valence-electron chi connectivity index (χ2n) is 8.94. The molecule has 0 aliphatic carbocycles. The lowest BCUT2D eigenvalue weighted by Crippen LogP contribution is -2.38. The predicted octanol–water partition coefficient (Wildman–Crippen LogP) is 1.62. The lowest BCUT2D eigenvalue weighted by molar-refractivity contribution is -0.0629. The van der Waals surface area contributed by atoms with Crippen molar-refractivity contribution in [1.29, 1.82) is 0 Å². The van der Waals surface area contributed by atoms with Crippen molar-refractivity contribution in [3.8, 4) is 0 Å². The number of aryl methyl sites for hydroxylation is 1. The number of fused-ring (bicyclic) bond motifs is 1. The Labute approximate surface area is 190 Å². The van der Waals surface area contributed by atoms with Crippen LogP contribution in [-0.2, 0) is 13.8 Å². The van der Waals surface area contributed by atoms with Crippen molar-refractivity contribution >= 4 is 18.6 Å². The van der Waals surface area contributed by atoms with E-state index in [-0.39, 0.29) is 34.6 Å². The van der Waals surface area contributed by atoms with E-state index < -0.39 is 43.4 Å². The molecule has 3 rings (SSSR count). The van der Waals surface area contributed by atoms with Crippen LogP contribution < -0.4 is 11.1 Å². The standard InChI is InChI=1S/C21H30N3O8P/c1-7-10(2)33(29,30)32-21(5,6)8-14-16(26)17(27)19(31-14)24-9-13-15(25)11(3)12(4)22-18(13)23-20(24)28/h9,14,16-17,19,26-27H,2,7-8H2,1,3-6H3,(H,29,30)(H,22,23,28). The molecule has 3 heterocycles. The molecule has 1 aliphatic rings. The summed E-state index contributed by atoms with van der Waals surface area (Å²) >= 11 is 0. The minimum Gasteiger partial charge on any atom is -0.388 e. The maximum atomic E-state index is 12.6. The minimum atomic E-state index is -4.12. The molecule has 0 amide bonds. The van der Waals surface area contributed by atoms with Crippen molar-refractivity contribution in [2.75, 3.05) is 0 Å². The second kappa shape index (κ2) is 8.90. The lowest BCUT2D eigenvalue weighted by Gasteiger charge is -2.31. The van der Waals surface area contributed by atoms with E-state index in [4.69, 9.17) is 9.26 Å². The van der Waals surface area contributed by atoms with Crippen LogP contribution in [-0.4, -0.2) is 53.6 Å². The minimum absolute atomic E-state index is 0.0471. The van der Waals surface area contributed by atoms with Crippen LogP contribution in [0.25, 0.3) is 11.0 Å². The van der Waals surface area contributed by atoms with Gasteiger partial charge in [-0.05, 0) is 34.1 Å². The number of allylic oxidation sites excluding steroid dienone is 1. The number of aliphatic hydroxyl groups excluding tert-OH is 2. The third kappa shape index (κ3) is 4.89. The number of pyridine rings is 1. The van der Waals surface area contributed by atoms with Gasteiger partial charge in [0, 0.05) is 29.2 Å². The topological polar surface area (TPSA) is 164 Å². The average molecular weight is 483 g/mol. The Morgan fingerprint density at radius 1 is 1.33 bits per heavy atom. The fraction of sp³-hybridized carbons (Fsp3) is 0.571. The van der Waals surface area contributed by atoms with Crippen molar-refractivity contribution in [2.24, 2.45) is 0 Å². The molecule has 33 heavy (non-hydrogen) atoms. The molecule has 0 spiro atoms. The van der Waals surface area contributed by atoms with Gasteiger partial charge in [0.15, 0.2) is 11.7 Å².